The minimum absolute atomic E-state index is 0.700. The van der Waals surface area contributed by atoms with E-state index < -0.39 is 0 Å². The van der Waals surface area contributed by atoms with Crippen LogP contribution in [0.1, 0.15) is 11.1 Å². The Labute approximate surface area is 165 Å². The minimum Gasteiger partial charge on any atom is -0.493 e. The van der Waals surface area contributed by atoms with Crippen LogP contribution in [0.5, 0.6) is 11.5 Å². The molecule has 0 atom stereocenters. The number of hydrogen-bond acceptors (Lipinski definition) is 4. The van der Waals surface area contributed by atoms with Crippen LogP contribution in [-0.4, -0.2) is 35.3 Å². The largest absolute Gasteiger partial charge is 0.493 e. The van der Waals surface area contributed by atoms with E-state index in [0.29, 0.717) is 6.67 Å². The predicted molar refractivity (Wildman–Crippen MR) is 110 cm³/mol. The maximum Gasteiger partial charge on any atom is 0.185 e. The Balaban J connectivity index is 1.75. The van der Waals surface area contributed by atoms with Gasteiger partial charge in [0.05, 0.1) is 26.6 Å². The molecule has 0 bridgehead atoms. The molecule has 0 aliphatic heterocycles. The highest BCUT2D eigenvalue weighted by molar-refractivity contribution is 7.71. The summed E-state index contributed by atoms with van der Waals surface area (Å²) in [6.07, 6.45) is 4.05. The lowest BCUT2D eigenvalue weighted by Gasteiger charge is -2.18. The van der Waals surface area contributed by atoms with Crippen molar-refractivity contribution in [2.75, 3.05) is 21.3 Å². The molecule has 5 nitrogen and oxygen atoms in total. The molecule has 1 aromatic heterocycles. The minimum atomic E-state index is 0.700. The molecule has 3 aromatic rings. The van der Waals surface area contributed by atoms with Gasteiger partial charge in [-0.25, -0.2) is 0 Å². The fourth-order valence-corrected chi connectivity index (χ4v) is 3.42. The third-order valence-electron chi connectivity index (χ3n) is 4.52. The fraction of sp³-hybridized carbons (Fsp3) is 0.286. The zero-order valence-electron chi connectivity index (χ0n) is 16.2. The van der Waals surface area contributed by atoms with Gasteiger partial charge in [0.1, 0.15) is 0 Å². The van der Waals surface area contributed by atoms with Gasteiger partial charge in [0, 0.05) is 18.9 Å². The molecule has 0 radical (unpaired) electrons. The van der Waals surface area contributed by atoms with E-state index in [2.05, 4.69) is 46.2 Å². The van der Waals surface area contributed by atoms with Crippen LogP contribution in [0.4, 0.5) is 0 Å². The summed E-state index contributed by atoms with van der Waals surface area (Å²) in [5.41, 5.74) is 3.47. The van der Waals surface area contributed by atoms with Crippen molar-refractivity contribution in [3.05, 3.63) is 70.8 Å². The lowest BCUT2D eigenvalue weighted by atomic mass is 10.2. The second-order valence-electron chi connectivity index (χ2n) is 6.55. The Bertz CT molecular complexity index is 978. The number of aryl methyl sites for hydroxylation is 1. The first-order valence-electron chi connectivity index (χ1n) is 8.76. The first-order chi connectivity index (χ1) is 13.0. The lowest BCUT2D eigenvalue weighted by Crippen LogP contribution is -2.21. The number of imidazole rings is 1. The average molecular weight is 384 g/mol. The highest BCUT2D eigenvalue weighted by Gasteiger charge is 2.09. The summed E-state index contributed by atoms with van der Waals surface area (Å²) in [5.74, 6) is 1.48. The average Bonchev–Trinajstić information content (AvgIpc) is 3.02. The van der Waals surface area contributed by atoms with Crippen molar-refractivity contribution in [1.82, 2.24) is 14.0 Å². The predicted octanol–water partition coefficient (Wildman–Crippen LogP) is 4.42. The van der Waals surface area contributed by atoms with Crippen molar-refractivity contribution < 1.29 is 9.47 Å². The van der Waals surface area contributed by atoms with Gasteiger partial charge in [0.2, 0.25) is 0 Å². The maximum absolute atomic E-state index is 5.69. The van der Waals surface area contributed by atoms with E-state index in [1.54, 1.807) is 14.2 Å². The molecule has 6 heteroatoms. The Morgan fingerprint density at radius 3 is 2.44 bits per heavy atom. The van der Waals surface area contributed by atoms with Crippen LogP contribution in [0.2, 0.25) is 0 Å². The highest BCUT2D eigenvalue weighted by Crippen LogP contribution is 2.28. The molecule has 0 unspecified atom stereocenters. The molecule has 1 heterocycles. The van der Waals surface area contributed by atoms with Gasteiger partial charge in [-0.2, -0.15) is 0 Å². The molecule has 0 aliphatic rings. The zero-order chi connectivity index (χ0) is 19.4. The van der Waals surface area contributed by atoms with E-state index in [9.17, 15) is 0 Å². The van der Waals surface area contributed by atoms with Crippen LogP contribution >= 0.6 is 12.2 Å². The van der Waals surface area contributed by atoms with Gasteiger partial charge in [-0.1, -0.05) is 24.3 Å². The smallest absolute Gasteiger partial charge is 0.185 e. The molecule has 0 saturated carbocycles. The summed E-state index contributed by atoms with van der Waals surface area (Å²) >= 11 is 5.69. The van der Waals surface area contributed by atoms with Gasteiger partial charge in [0.25, 0.3) is 0 Å². The number of benzene rings is 2. The summed E-state index contributed by atoms with van der Waals surface area (Å²) in [7, 11) is 5.37. The maximum atomic E-state index is 5.69. The number of rotatable bonds is 7. The summed E-state index contributed by atoms with van der Waals surface area (Å²) in [5, 5.41) is 0. The van der Waals surface area contributed by atoms with E-state index in [0.717, 1.165) is 34.1 Å². The topological polar surface area (TPSA) is 31.6 Å². The molecule has 0 aliphatic carbocycles. The number of nitrogens with zero attached hydrogens (tertiary/aromatic N) is 3. The van der Waals surface area contributed by atoms with Crippen LogP contribution in [0.15, 0.2) is 54.9 Å². The Hall–Kier alpha value is -2.57. The van der Waals surface area contributed by atoms with Crippen molar-refractivity contribution in [3.63, 3.8) is 0 Å². The van der Waals surface area contributed by atoms with Crippen LogP contribution in [-0.2, 0) is 13.2 Å². The van der Waals surface area contributed by atoms with Crippen molar-refractivity contribution in [2.24, 2.45) is 0 Å². The molecule has 0 amide bonds. The first kappa shape index (κ1) is 19.2. The fourth-order valence-electron chi connectivity index (χ4n) is 3.14. The number of aromatic nitrogens is 2. The number of ether oxygens (including phenoxy) is 2. The first-order valence-corrected chi connectivity index (χ1v) is 9.17. The summed E-state index contributed by atoms with van der Waals surface area (Å²) < 4.78 is 15.6. The third-order valence-corrected chi connectivity index (χ3v) is 4.95. The van der Waals surface area contributed by atoms with E-state index in [1.165, 1.54) is 5.56 Å². The Kier molecular flexibility index (Phi) is 5.98. The number of para-hydroxylation sites is 1. The van der Waals surface area contributed by atoms with Crippen LogP contribution in [0, 0.1) is 11.7 Å². The lowest BCUT2D eigenvalue weighted by molar-refractivity contribution is 0.257. The Morgan fingerprint density at radius 1 is 1.00 bits per heavy atom. The van der Waals surface area contributed by atoms with Gasteiger partial charge >= 0.3 is 0 Å². The van der Waals surface area contributed by atoms with Gasteiger partial charge < -0.3 is 14.0 Å². The molecule has 27 heavy (non-hydrogen) atoms. The van der Waals surface area contributed by atoms with Crippen LogP contribution in [0.25, 0.3) is 5.69 Å². The molecule has 0 N–H and O–H groups in total. The van der Waals surface area contributed by atoms with E-state index in [4.69, 9.17) is 21.7 Å². The standard InChI is InChI=1S/C21H25N3O2S/c1-16-7-5-6-8-18(16)24-12-11-23(21(24)27)15-22(2)14-17-9-10-19(25-3)20(13-17)26-4/h5-13H,14-15H2,1-4H3. The van der Waals surface area contributed by atoms with Gasteiger partial charge in [-0.3, -0.25) is 9.47 Å². The molecule has 2 aromatic carbocycles. The van der Waals surface area contributed by atoms with Gasteiger partial charge in [-0.05, 0) is 55.5 Å². The SMILES string of the molecule is COc1ccc(CN(C)Cn2ccn(-c3ccccc3C)c2=S)cc1OC. The third kappa shape index (κ3) is 4.23. The van der Waals surface area contributed by atoms with Crippen molar-refractivity contribution >= 4 is 12.2 Å². The second kappa shape index (κ2) is 8.41. The molecule has 0 saturated heterocycles. The van der Waals surface area contributed by atoms with E-state index >= 15 is 0 Å². The summed E-state index contributed by atoms with van der Waals surface area (Å²) in [6, 6.07) is 14.2. The number of methoxy groups -OCH3 is 2. The van der Waals surface area contributed by atoms with Gasteiger partial charge in [-0.15, -0.1) is 0 Å². The normalized spacial score (nSPS) is 11.0. The molecule has 0 spiro atoms. The molecule has 142 valence electrons. The molecule has 0 fully saturated rings. The van der Waals surface area contributed by atoms with Crippen molar-refractivity contribution in [3.8, 4) is 17.2 Å². The summed E-state index contributed by atoms with van der Waals surface area (Å²) in [4.78, 5) is 2.21. The van der Waals surface area contributed by atoms with E-state index in [-0.39, 0.29) is 0 Å². The molecular weight excluding hydrogens is 358 g/mol. The zero-order valence-corrected chi connectivity index (χ0v) is 17.0. The van der Waals surface area contributed by atoms with Crippen LogP contribution < -0.4 is 9.47 Å². The van der Waals surface area contributed by atoms with Crippen molar-refractivity contribution in [1.29, 1.82) is 0 Å². The number of hydrogen-bond donors (Lipinski definition) is 0. The van der Waals surface area contributed by atoms with Crippen LogP contribution in [0.3, 0.4) is 0 Å². The monoisotopic (exact) mass is 383 g/mol. The molecule has 3 rings (SSSR count). The van der Waals surface area contributed by atoms with E-state index in [1.807, 2.05) is 36.7 Å². The van der Waals surface area contributed by atoms with Gasteiger partial charge in [0.15, 0.2) is 16.3 Å². The Morgan fingerprint density at radius 2 is 1.74 bits per heavy atom. The van der Waals surface area contributed by atoms with Crippen molar-refractivity contribution in [2.45, 2.75) is 20.1 Å². The molecular formula is C21H25N3O2S. The summed E-state index contributed by atoms with van der Waals surface area (Å²) in [6.45, 7) is 3.57. The highest BCUT2D eigenvalue weighted by atomic mass is 32.1. The quantitative estimate of drug-likeness (QED) is 0.565. The second-order valence-corrected chi connectivity index (χ2v) is 6.92.